The summed E-state index contributed by atoms with van der Waals surface area (Å²) >= 11 is 0. The van der Waals surface area contributed by atoms with E-state index >= 15 is 0 Å². The summed E-state index contributed by atoms with van der Waals surface area (Å²) in [6, 6.07) is 11.2. The molecule has 0 saturated heterocycles. The molecule has 0 spiro atoms. The van der Waals surface area contributed by atoms with E-state index in [4.69, 9.17) is 0 Å². The van der Waals surface area contributed by atoms with Crippen molar-refractivity contribution in [2.24, 2.45) is 7.05 Å². The van der Waals surface area contributed by atoms with Gasteiger partial charge in [0.15, 0.2) is 0 Å². The van der Waals surface area contributed by atoms with Crippen molar-refractivity contribution in [2.45, 2.75) is 31.2 Å². The van der Waals surface area contributed by atoms with Crippen LogP contribution in [0.15, 0.2) is 36.5 Å². The van der Waals surface area contributed by atoms with Gasteiger partial charge in [-0.05, 0) is 43.0 Å². The van der Waals surface area contributed by atoms with E-state index in [2.05, 4.69) is 40.7 Å². The van der Waals surface area contributed by atoms with Crippen LogP contribution in [0.5, 0.6) is 0 Å². The predicted molar refractivity (Wildman–Crippen MR) is 77.1 cm³/mol. The Hall–Kier alpha value is -1.61. The molecule has 1 aliphatic carbocycles. The largest absolute Gasteiger partial charge is 0.308 e. The van der Waals surface area contributed by atoms with Crippen LogP contribution in [0.1, 0.15) is 48.0 Å². The first-order valence-electron chi connectivity index (χ1n) is 7.04. The van der Waals surface area contributed by atoms with Gasteiger partial charge >= 0.3 is 0 Å². The molecule has 19 heavy (non-hydrogen) atoms. The molecule has 0 bridgehead atoms. The fraction of sp³-hybridized carbons (Fsp3) is 0.438. The quantitative estimate of drug-likeness (QED) is 0.910. The average Bonchev–Trinajstić information content (AvgIpc) is 2.75. The van der Waals surface area contributed by atoms with E-state index in [9.17, 15) is 0 Å². The van der Waals surface area contributed by atoms with Gasteiger partial charge in [0.25, 0.3) is 0 Å². The molecule has 0 aliphatic heterocycles. The lowest BCUT2D eigenvalue weighted by Gasteiger charge is -2.27. The van der Waals surface area contributed by atoms with Crippen molar-refractivity contribution in [3.8, 4) is 0 Å². The Morgan fingerprint density at radius 2 is 2.16 bits per heavy atom. The molecular weight excluding hydrogens is 234 g/mol. The van der Waals surface area contributed by atoms with Gasteiger partial charge in [-0.1, -0.05) is 30.7 Å². The third-order valence-electron chi connectivity index (χ3n) is 4.14. The number of aryl methyl sites for hydroxylation is 1. The SMILES string of the molecule is CNC(c1cccc(C2CCC2)c1)c1ccn(C)n1. The second-order valence-corrected chi connectivity index (χ2v) is 5.43. The van der Waals surface area contributed by atoms with Crippen molar-refractivity contribution in [3.05, 3.63) is 53.3 Å². The number of aromatic nitrogens is 2. The lowest BCUT2D eigenvalue weighted by Crippen LogP contribution is -2.19. The number of hydrogen-bond acceptors (Lipinski definition) is 2. The van der Waals surface area contributed by atoms with Gasteiger partial charge in [-0.3, -0.25) is 4.68 Å². The van der Waals surface area contributed by atoms with Crippen LogP contribution in [0.3, 0.4) is 0 Å². The molecule has 1 aliphatic rings. The highest BCUT2D eigenvalue weighted by molar-refractivity contribution is 5.33. The van der Waals surface area contributed by atoms with Crippen LogP contribution in [0, 0.1) is 0 Å². The van der Waals surface area contributed by atoms with Crippen molar-refractivity contribution >= 4 is 0 Å². The van der Waals surface area contributed by atoms with Crippen LogP contribution in [0.4, 0.5) is 0 Å². The molecule has 3 rings (SSSR count). The molecular formula is C16H21N3. The Morgan fingerprint density at radius 1 is 1.32 bits per heavy atom. The molecule has 0 amide bonds. The maximum Gasteiger partial charge on any atom is 0.0839 e. The normalized spacial score (nSPS) is 17.2. The number of nitrogens with one attached hydrogen (secondary N) is 1. The van der Waals surface area contributed by atoms with E-state index in [0.717, 1.165) is 11.6 Å². The first kappa shape index (κ1) is 12.4. The van der Waals surface area contributed by atoms with Gasteiger partial charge in [0, 0.05) is 13.2 Å². The van der Waals surface area contributed by atoms with E-state index in [1.807, 2.05) is 25.0 Å². The molecule has 3 heteroatoms. The van der Waals surface area contributed by atoms with E-state index in [-0.39, 0.29) is 6.04 Å². The highest BCUT2D eigenvalue weighted by Crippen LogP contribution is 2.37. The third-order valence-corrected chi connectivity index (χ3v) is 4.14. The van der Waals surface area contributed by atoms with Crippen molar-refractivity contribution in [1.29, 1.82) is 0 Å². The minimum absolute atomic E-state index is 0.182. The molecule has 0 radical (unpaired) electrons. The highest BCUT2D eigenvalue weighted by Gasteiger charge is 2.21. The highest BCUT2D eigenvalue weighted by atomic mass is 15.3. The average molecular weight is 255 g/mol. The zero-order chi connectivity index (χ0) is 13.2. The van der Waals surface area contributed by atoms with Gasteiger partial charge in [0.05, 0.1) is 11.7 Å². The summed E-state index contributed by atoms with van der Waals surface area (Å²) in [4.78, 5) is 0. The number of benzene rings is 1. The lowest BCUT2D eigenvalue weighted by atomic mass is 9.79. The summed E-state index contributed by atoms with van der Waals surface area (Å²) in [5.41, 5.74) is 3.88. The summed E-state index contributed by atoms with van der Waals surface area (Å²) in [6.45, 7) is 0. The van der Waals surface area contributed by atoms with Crippen LogP contribution in [0.2, 0.25) is 0 Å². The Labute approximate surface area is 114 Å². The second-order valence-electron chi connectivity index (χ2n) is 5.43. The maximum atomic E-state index is 4.52. The Balaban J connectivity index is 1.90. The van der Waals surface area contributed by atoms with Crippen LogP contribution in [-0.4, -0.2) is 16.8 Å². The smallest absolute Gasteiger partial charge is 0.0839 e. The lowest BCUT2D eigenvalue weighted by molar-refractivity contribution is 0.419. The summed E-state index contributed by atoms with van der Waals surface area (Å²) in [5, 5.41) is 7.90. The molecule has 1 fully saturated rings. The first-order chi connectivity index (χ1) is 9.28. The van der Waals surface area contributed by atoms with E-state index in [1.54, 1.807) is 0 Å². The monoisotopic (exact) mass is 255 g/mol. The van der Waals surface area contributed by atoms with Gasteiger partial charge in [0.2, 0.25) is 0 Å². The van der Waals surface area contributed by atoms with Gasteiger partial charge in [-0.25, -0.2) is 0 Å². The molecule has 3 nitrogen and oxygen atoms in total. The van der Waals surface area contributed by atoms with Crippen LogP contribution in [-0.2, 0) is 7.05 Å². The summed E-state index contributed by atoms with van der Waals surface area (Å²) in [5.74, 6) is 0.779. The zero-order valence-corrected chi connectivity index (χ0v) is 11.6. The van der Waals surface area contributed by atoms with Crippen molar-refractivity contribution in [3.63, 3.8) is 0 Å². The topological polar surface area (TPSA) is 29.9 Å². The van der Waals surface area contributed by atoms with Crippen LogP contribution < -0.4 is 5.32 Å². The standard InChI is InChI=1S/C16H21N3/c1-17-16(15-9-10-19(2)18-15)14-8-4-7-13(11-14)12-5-3-6-12/h4,7-12,16-17H,3,5-6H2,1-2H3. The number of rotatable bonds is 4. The van der Waals surface area contributed by atoms with Crippen molar-refractivity contribution < 1.29 is 0 Å². The van der Waals surface area contributed by atoms with E-state index < -0.39 is 0 Å². The molecule has 100 valence electrons. The van der Waals surface area contributed by atoms with E-state index in [0.29, 0.717) is 0 Å². The fourth-order valence-corrected chi connectivity index (χ4v) is 2.81. The van der Waals surface area contributed by atoms with Crippen LogP contribution >= 0.6 is 0 Å². The van der Waals surface area contributed by atoms with Gasteiger partial charge in [0.1, 0.15) is 0 Å². The van der Waals surface area contributed by atoms with Crippen molar-refractivity contribution in [2.75, 3.05) is 7.05 Å². The molecule has 1 atom stereocenters. The summed E-state index contributed by atoms with van der Waals surface area (Å²) < 4.78 is 1.86. The summed E-state index contributed by atoms with van der Waals surface area (Å²) in [6.07, 6.45) is 6.06. The number of hydrogen-bond donors (Lipinski definition) is 1. The first-order valence-corrected chi connectivity index (χ1v) is 7.04. The second kappa shape index (κ2) is 5.17. The molecule has 2 aromatic rings. The minimum Gasteiger partial charge on any atom is -0.308 e. The van der Waals surface area contributed by atoms with E-state index in [1.165, 1.54) is 30.4 Å². The molecule has 1 N–H and O–H groups in total. The summed E-state index contributed by atoms with van der Waals surface area (Å²) in [7, 11) is 3.95. The predicted octanol–water partition coefficient (Wildman–Crippen LogP) is 3.00. The van der Waals surface area contributed by atoms with Crippen LogP contribution in [0.25, 0.3) is 0 Å². The minimum atomic E-state index is 0.182. The Kier molecular flexibility index (Phi) is 3.38. The maximum absolute atomic E-state index is 4.52. The zero-order valence-electron chi connectivity index (χ0n) is 11.6. The molecule has 1 aromatic carbocycles. The fourth-order valence-electron chi connectivity index (χ4n) is 2.81. The van der Waals surface area contributed by atoms with Gasteiger partial charge in [-0.15, -0.1) is 0 Å². The van der Waals surface area contributed by atoms with Gasteiger partial charge < -0.3 is 5.32 Å². The molecule has 1 aromatic heterocycles. The Morgan fingerprint density at radius 3 is 2.74 bits per heavy atom. The Bertz CT molecular complexity index is 555. The number of nitrogens with zero attached hydrogens (tertiary/aromatic N) is 2. The molecule has 1 unspecified atom stereocenters. The molecule has 1 heterocycles. The molecule has 1 saturated carbocycles. The van der Waals surface area contributed by atoms with Gasteiger partial charge in [-0.2, -0.15) is 5.10 Å². The third kappa shape index (κ3) is 2.43. The van der Waals surface area contributed by atoms with Crippen molar-refractivity contribution in [1.82, 2.24) is 15.1 Å².